The summed E-state index contributed by atoms with van der Waals surface area (Å²) in [4.78, 5) is 0. The van der Waals surface area contributed by atoms with Crippen LogP contribution >= 0.6 is 0 Å². The predicted octanol–water partition coefficient (Wildman–Crippen LogP) is -2.17. The Labute approximate surface area is 169 Å². The molecule has 0 aliphatic carbocycles. The molecule has 0 saturated carbocycles. The monoisotopic (exact) mass is 644 g/mol. The number of rotatable bonds is 4. The van der Waals surface area contributed by atoms with Gasteiger partial charge in [-0.05, 0) is 0 Å². The van der Waals surface area contributed by atoms with E-state index in [1.54, 1.807) is 0 Å². The zero-order valence-corrected chi connectivity index (χ0v) is 21.0. The second-order valence-electron chi connectivity index (χ2n) is 3.39. The molecule has 0 heterocycles. The summed E-state index contributed by atoms with van der Waals surface area (Å²) in [5.74, 6) is -1.25. The zero-order chi connectivity index (χ0) is 20.8. The van der Waals surface area contributed by atoms with Crippen LogP contribution in [0.25, 0.3) is 0 Å². The van der Waals surface area contributed by atoms with Crippen molar-refractivity contribution in [1.29, 1.82) is 0 Å². The Morgan fingerprint density at radius 1 is 0.440 bits per heavy atom. The van der Waals surface area contributed by atoms with E-state index in [0.717, 1.165) is 0 Å². The molecule has 0 aromatic heterocycles. The fourth-order valence-corrected chi connectivity index (χ4v) is 0. The van der Waals surface area contributed by atoms with Crippen LogP contribution < -0.4 is 0 Å². The maximum Gasteiger partial charge on any atom is 0.0943 e. The minimum Gasteiger partial charge on any atom is -0.748 e. The van der Waals surface area contributed by atoms with E-state index in [9.17, 15) is 51.9 Å². The fraction of sp³-hybridized carbons (Fsp3) is 1.00. The van der Waals surface area contributed by atoms with Crippen LogP contribution in [0.15, 0.2) is 0 Å². The smallest absolute Gasteiger partial charge is 0.0943 e. The van der Waals surface area contributed by atoms with Crippen molar-refractivity contribution < 1.29 is 51.9 Å². The van der Waals surface area contributed by atoms with Gasteiger partial charge in [0.1, 0.15) is 0 Å². The van der Waals surface area contributed by atoms with E-state index in [1.807, 2.05) is 0 Å². The molecular weight excluding hydrogens is 624 g/mol. The standard InChI is InChI=1S/4C2H6O3S.Pb/c4*1-2-6(3,4)5;/h4*2H2,1H3,(H,3,4,5);/p-4. The second kappa shape index (κ2) is 16.7. The Morgan fingerprint density at radius 3 is 0.480 bits per heavy atom. The maximum atomic E-state index is 9.44. The largest absolute Gasteiger partial charge is 0.748 e. The van der Waals surface area contributed by atoms with Crippen molar-refractivity contribution in [2.24, 2.45) is 0 Å². The summed E-state index contributed by atoms with van der Waals surface area (Å²) in [6.45, 7) is 5.23. The summed E-state index contributed by atoms with van der Waals surface area (Å²) in [7, 11) is -15.6. The van der Waals surface area contributed by atoms with Crippen LogP contribution in [0.3, 0.4) is 0 Å². The van der Waals surface area contributed by atoms with Gasteiger partial charge in [-0.25, -0.2) is 33.7 Å². The van der Waals surface area contributed by atoms with Gasteiger partial charge in [0.15, 0.2) is 0 Å². The molecule has 0 aliphatic heterocycles. The third-order valence-corrected chi connectivity index (χ3v) is 4.24. The van der Waals surface area contributed by atoms with Crippen molar-refractivity contribution >= 4 is 67.8 Å². The first-order valence-corrected chi connectivity index (χ1v) is 12.3. The topological polar surface area (TPSA) is 229 Å². The molecule has 12 nitrogen and oxygen atoms in total. The Morgan fingerprint density at radius 2 is 0.480 bits per heavy atom. The van der Waals surface area contributed by atoms with Gasteiger partial charge in [-0.2, -0.15) is 0 Å². The van der Waals surface area contributed by atoms with E-state index in [-0.39, 0.29) is 50.3 Å². The summed E-state index contributed by atoms with van der Waals surface area (Å²) in [5.41, 5.74) is 0. The van der Waals surface area contributed by atoms with E-state index >= 15 is 0 Å². The summed E-state index contributed by atoms with van der Waals surface area (Å²) < 4.78 is 113. The third kappa shape index (κ3) is 79.2. The molecule has 0 aliphatic rings. The summed E-state index contributed by atoms with van der Waals surface area (Å²) in [5, 5.41) is 0. The molecule has 0 amide bonds. The Kier molecular flexibility index (Phi) is 24.4. The SMILES string of the molecule is CCS(=O)(=O)[O-].CCS(=O)(=O)[O-].CCS(=O)(=O)[O-].CCS(=O)(=O)[O-].[Pb]. The molecule has 156 valence electrons. The molecule has 0 N–H and O–H groups in total. The van der Waals surface area contributed by atoms with Gasteiger partial charge < -0.3 is 18.2 Å². The average molecular weight is 644 g/mol. The molecule has 0 bridgehead atoms. The molecular formula is C8H20O12PbS4-4. The van der Waals surface area contributed by atoms with Gasteiger partial charge in [-0.3, -0.25) is 0 Å². The molecule has 0 rings (SSSR count). The van der Waals surface area contributed by atoms with Crippen LogP contribution in [0.2, 0.25) is 0 Å². The third-order valence-electron chi connectivity index (χ3n) is 1.41. The predicted molar refractivity (Wildman–Crippen MR) is 86.7 cm³/mol. The average Bonchev–Trinajstić information content (AvgIpc) is 2.37. The summed E-state index contributed by atoms with van der Waals surface area (Å²) in [6, 6.07) is 0. The van der Waals surface area contributed by atoms with E-state index in [4.69, 9.17) is 0 Å². The van der Waals surface area contributed by atoms with E-state index in [0.29, 0.717) is 0 Å². The van der Waals surface area contributed by atoms with E-state index < -0.39 is 40.5 Å². The molecule has 0 atom stereocenters. The van der Waals surface area contributed by atoms with Crippen molar-refractivity contribution in [1.82, 2.24) is 0 Å². The van der Waals surface area contributed by atoms with Crippen LogP contribution in [-0.4, -0.2) is 102 Å². The van der Waals surface area contributed by atoms with Crippen LogP contribution in [-0.2, 0) is 40.5 Å². The molecule has 4 radical (unpaired) electrons. The Bertz CT molecular complexity index is 577. The van der Waals surface area contributed by atoms with Gasteiger partial charge in [-0.15, -0.1) is 0 Å². The fourth-order valence-electron chi connectivity index (χ4n) is 0. The first-order chi connectivity index (χ1) is 10.2. The summed E-state index contributed by atoms with van der Waals surface area (Å²) in [6.07, 6.45) is 0. The van der Waals surface area contributed by atoms with E-state index in [2.05, 4.69) is 0 Å². The summed E-state index contributed by atoms with van der Waals surface area (Å²) >= 11 is 0. The van der Waals surface area contributed by atoms with Crippen molar-refractivity contribution in [3.63, 3.8) is 0 Å². The van der Waals surface area contributed by atoms with Crippen LogP contribution in [0, 0.1) is 0 Å². The van der Waals surface area contributed by atoms with Gasteiger partial charge in [0.05, 0.1) is 40.5 Å². The first kappa shape index (κ1) is 36.5. The number of hydrogen-bond acceptors (Lipinski definition) is 12. The van der Waals surface area contributed by atoms with E-state index in [1.165, 1.54) is 27.7 Å². The van der Waals surface area contributed by atoms with Crippen molar-refractivity contribution in [3.05, 3.63) is 0 Å². The normalized spacial score (nSPS) is 11.2. The minimum absolute atomic E-state index is 0. The van der Waals surface area contributed by atoms with Gasteiger partial charge in [0, 0.05) is 50.3 Å². The quantitative estimate of drug-likeness (QED) is 0.235. The molecule has 0 unspecified atom stereocenters. The molecule has 0 aromatic rings. The van der Waals surface area contributed by atoms with Crippen LogP contribution in [0.1, 0.15) is 27.7 Å². The van der Waals surface area contributed by atoms with Crippen molar-refractivity contribution in [2.75, 3.05) is 23.0 Å². The zero-order valence-electron chi connectivity index (χ0n) is 13.9. The first-order valence-electron chi connectivity index (χ1n) is 5.98. The van der Waals surface area contributed by atoms with Gasteiger partial charge in [-0.1, -0.05) is 27.7 Å². The minimum atomic E-state index is -3.91. The molecule has 0 fully saturated rings. The van der Waals surface area contributed by atoms with Crippen LogP contribution in [0.4, 0.5) is 0 Å². The Balaban J connectivity index is -0.0000000702. The van der Waals surface area contributed by atoms with Gasteiger partial charge in [0.25, 0.3) is 0 Å². The van der Waals surface area contributed by atoms with Crippen molar-refractivity contribution in [3.8, 4) is 0 Å². The maximum absolute atomic E-state index is 9.44. The van der Waals surface area contributed by atoms with Crippen molar-refractivity contribution in [2.45, 2.75) is 27.7 Å². The number of hydrogen-bond donors (Lipinski definition) is 0. The molecule has 0 aromatic carbocycles. The molecule has 25 heavy (non-hydrogen) atoms. The molecule has 0 spiro atoms. The molecule has 0 saturated heterocycles. The molecule has 17 heteroatoms. The van der Waals surface area contributed by atoms with Gasteiger partial charge in [0.2, 0.25) is 0 Å². The van der Waals surface area contributed by atoms with Crippen LogP contribution in [0.5, 0.6) is 0 Å². The second-order valence-corrected chi connectivity index (χ2v) is 10.2. The van der Waals surface area contributed by atoms with Gasteiger partial charge >= 0.3 is 0 Å². The Hall–Kier alpha value is 0.562.